The van der Waals surface area contributed by atoms with Gasteiger partial charge in [0.1, 0.15) is 12.1 Å². The van der Waals surface area contributed by atoms with Gasteiger partial charge in [0.25, 0.3) is 5.56 Å². The zero-order chi connectivity index (χ0) is 17.8. The highest BCUT2D eigenvalue weighted by atomic mass is 16.5. The molecular weight excluding hydrogens is 324 g/mol. The first-order chi connectivity index (χ1) is 12.1. The second-order valence-electron chi connectivity index (χ2n) is 5.48. The van der Waals surface area contributed by atoms with Crippen LogP contribution in [0.2, 0.25) is 0 Å². The van der Waals surface area contributed by atoms with Crippen LogP contribution in [0.1, 0.15) is 0 Å². The first-order valence-electron chi connectivity index (χ1n) is 7.77. The summed E-state index contributed by atoms with van der Waals surface area (Å²) in [7, 11) is 1.52. The van der Waals surface area contributed by atoms with Crippen molar-refractivity contribution in [1.82, 2.24) is 19.9 Å². The minimum Gasteiger partial charge on any atom is -0.383 e. The molecule has 0 radical (unpaired) electrons. The summed E-state index contributed by atoms with van der Waals surface area (Å²) in [5.41, 5.74) is 1.11. The lowest BCUT2D eigenvalue weighted by Crippen LogP contribution is -2.41. The molecule has 3 N–H and O–H groups in total. The number of aromatic amines is 2. The number of nitrogens with one attached hydrogen (secondary N) is 3. The van der Waals surface area contributed by atoms with Crippen LogP contribution in [0.5, 0.6) is 0 Å². The first-order valence-corrected chi connectivity index (χ1v) is 7.77. The van der Waals surface area contributed by atoms with Crippen LogP contribution >= 0.6 is 0 Å². The third-order valence-corrected chi connectivity index (χ3v) is 3.83. The van der Waals surface area contributed by atoms with Gasteiger partial charge in [-0.2, -0.15) is 0 Å². The Bertz CT molecular complexity index is 1000. The fourth-order valence-electron chi connectivity index (χ4n) is 2.60. The highest BCUT2D eigenvalue weighted by molar-refractivity contribution is 5.91. The molecule has 0 aliphatic rings. The molecule has 3 aromatic rings. The minimum atomic E-state index is -0.629. The minimum absolute atomic E-state index is 0.253. The van der Waals surface area contributed by atoms with E-state index in [1.54, 1.807) is 6.20 Å². The summed E-state index contributed by atoms with van der Waals surface area (Å²) < 4.78 is 5.71. The van der Waals surface area contributed by atoms with Gasteiger partial charge in [-0.15, -0.1) is 0 Å². The van der Waals surface area contributed by atoms with E-state index in [4.69, 9.17) is 4.74 Å². The van der Waals surface area contributed by atoms with Crippen LogP contribution in [-0.4, -0.2) is 40.7 Å². The zero-order valence-electron chi connectivity index (χ0n) is 13.7. The molecule has 1 aromatic carbocycles. The lowest BCUT2D eigenvalue weighted by molar-refractivity contribution is -0.121. The molecule has 0 aliphatic carbocycles. The largest absolute Gasteiger partial charge is 0.383 e. The lowest BCUT2D eigenvalue weighted by Gasteiger charge is -2.07. The monoisotopic (exact) mass is 342 g/mol. The molecular formula is C17H18N4O4. The van der Waals surface area contributed by atoms with Crippen LogP contribution in [0, 0.1) is 0 Å². The van der Waals surface area contributed by atoms with Crippen molar-refractivity contribution in [2.75, 3.05) is 20.3 Å². The van der Waals surface area contributed by atoms with E-state index >= 15 is 0 Å². The summed E-state index contributed by atoms with van der Waals surface area (Å²) in [6, 6.07) is 9.40. The van der Waals surface area contributed by atoms with E-state index in [-0.39, 0.29) is 12.1 Å². The van der Waals surface area contributed by atoms with E-state index < -0.39 is 17.2 Å². The molecule has 8 nitrogen and oxygen atoms in total. The normalized spacial score (nSPS) is 10.9. The van der Waals surface area contributed by atoms with Gasteiger partial charge in [-0.25, -0.2) is 9.36 Å². The first kappa shape index (κ1) is 16.7. The molecule has 2 aromatic heterocycles. The Labute approximate surface area is 142 Å². The maximum Gasteiger partial charge on any atom is 0.329 e. The van der Waals surface area contributed by atoms with Crippen molar-refractivity contribution in [3.63, 3.8) is 0 Å². The number of ether oxygens (including phenoxy) is 1. The predicted octanol–water partition coefficient (Wildman–Crippen LogP) is 0.447. The lowest BCUT2D eigenvalue weighted by atomic mass is 10.1. The van der Waals surface area contributed by atoms with E-state index in [0.717, 1.165) is 15.7 Å². The number of amides is 1. The second-order valence-corrected chi connectivity index (χ2v) is 5.48. The van der Waals surface area contributed by atoms with Gasteiger partial charge in [-0.05, 0) is 5.56 Å². The van der Waals surface area contributed by atoms with Crippen molar-refractivity contribution in [1.29, 1.82) is 0 Å². The van der Waals surface area contributed by atoms with Gasteiger partial charge >= 0.3 is 5.69 Å². The van der Waals surface area contributed by atoms with Crippen molar-refractivity contribution in [2.45, 2.75) is 6.54 Å². The molecule has 130 valence electrons. The van der Waals surface area contributed by atoms with Gasteiger partial charge in [0.05, 0.1) is 12.1 Å². The van der Waals surface area contributed by atoms with Crippen molar-refractivity contribution in [3.05, 3.63) is 57.4 Å². The van der Waals surface area contributed by atoms with Gasteiger partial charge in [0, 0.05) is 25.4 Å². The molecule has 0 unspecified atom stereocenters. The van der Waals surface area contributed by atoms with Gasteiger partial charge in [-0.1, -0.05) is 30.3 Å². The molecule has 8 heteroatoms. The molecule has 25 heavy (non-hydrogen) atoms. The Kier molecular flexibility index (Phi) is 4.80. The van der Waals surface area contributed by atoms with Crippen LogP contribution in [0.15, 0.2) is 46.1 Å². The Morgan fingerprint density at radius 3 is 2.68 bits per heavy atom. The average Bonchev–Trinajstić information content (AvgIpc) is 3.03. The second kappa shape index (κ2) is 7.18. The molecule has 0 fully saturated rings. The molecule has 0 spiro atoms. The zero-order valence-corrected chi connectivity index (χ0v) is 13.7. The highest BCUT2D eigenvalue weighted by Crippen LogP contribution is 2.24. The van der Waals surface area contributed by atoms with Crippen molar-refractivity contribution >= 4 is 16.9 Å². The smallest absolute Gasteiger partial charge is 0.329 e. The summed E-state index contributed by atoms with van der Waals surface area (Å²) in [6.45, 7) is 0.311. The van der Waals surface area contributed by atoms with E-state index in [1.165, 1.54) is 7.11 Å². The number of hydrogen-bond acceptors (Lipinski definition) is 4. The quantitative estimate of drug-likeness (QED) is 0.565. The number of nitrogens with zero attached hydrogens (tertiary/aromatic N) is 1. The van der Waals surface area contributed by atoms with E-state index in [9.17, 15) is 14.4 Å². The van der Waals surface area contributed by atoms with Crippen molar-refractivity contribution in [2.24, 2.45) is 0 Å². The molecule has 2 heterocycles. The summed E-state index contributed by atoms with van der Waals surface area (Å²) >= 11 is 0. The summed E-state index contributed by atoms with van der Waals surface area (Å²) in [4.78, 5) is 42.3. The van der Waals surface area contributed by atoms with Crippen molar-refractivity contribution < 1.29 is 9.53 Å². The number of benzene rings is 1. The van der Waals surface area contributed by atoms with Gasteiger partial charge in [0.2, 0.25) is 5.91 Å². The number of aromatic nitrogens is 3. The Balaban J connectivity index is 1.97. The number of methoxy groups -OCH3 is 1. The molecule has 0 aliphatic heterocycles. The topological polar surface area (TPSA) is 109 Å². The fraction of sp³-hybridized carbons (Fsp3) is 0.235. The fourth-order valence-corrected chi connectivity index (χ4v) is 2.60. The van der Waals surface area contributed by atoms with Crippen LogP contribution in [0.4, 0.5) is 0 Å². The van der Waals surface area contributed by atoms with Gasteiger partial charge in [-0.3, -0.25) is 9.59 Å². The number of carbonyl (C=O) groups is 1. The summed E-state index contributed by atoms with van der Waals surface area (Å²) in [6.07, 6.45) is 1.67. The van der Waals surface area contributed by atoms with Gasteiger partial charge < -0.3 is 20.0 Å². The molecule has 0 atom stereocenters. The molecule has 3 rings (SSSR count). The SMILES string of the molecule is COCCNC(=O)Cn1c(=O)[nH]c2c(-c3ccccc3)c[nH]c2c1=O. The summed E-state index contributed by atoms with van der Waals surface area (Å²) in [5, 5.41) is 2.58. The highest BCUT2D eigenvalue weighted by Gasteiger charge is 2.15. The maximum absolute atomic E-state index is 12.6. The molecule has 0 saturated heterocycles. The standard InChI is InChI=1S/C17H18N4O4/c1-25-8-7-18-13(22)10-21-16(23)15-14(20-17(21)24)12(9-19-15)11-5-3-2-4-6-11/h2-6,9,19H,7-8,10H2,1H3,(H,18,22)(H,20,24). The predicted molar refractivity (Wildman–Crippen MR) is 93.5 cm³/mol. The van der Waals surface area contributed by atoms with Crippen molar-refractivity contribution in [3.8, 4) is 11.1 Å². The molecule has 0 bridgehead atoms. The Morgan fingerprint density at radius 2 is 1.96 bits per heavy atom. The number of H-pyrrole nitrogens is 2. The number of carbonyl (C=O) groups excluding carboxylic acids is 1. The number of hydrogen-bond donors (Lipinski definition) is 3. The van der Waals surface area contributed by atoms with Crippen LogP contribution in [0.25, 0.3) is 22.2 Å². The third-order valence-electron chi connectivity index (χ3n) is 3.83. The van der Waals surface area contributed by atoms with E-state index in [0.29, 0.717) is 18.7 Å². The summed E-state index contributed by atoms with van der Waals surface area (Å²) in [5.74, 6) is -0.432. The van der Waals surface area contributed by atoms with E-state index in [1.807, 2.05) is 30.3 Å². The average molecular weight is 342 g/mol. The van der Waals surface area contributed by atoms with Crippen LogP contribution < -0.4 is 16.6 Å². The Morgan fingerprint density at radius 1 is 1.20 bits per heavy atom. The molecule has 1 amide bonds. The molecule has 0 saturated carbocycles. The maximum atomic E-state index is 12.6. The third kappa shape index (κ3) is 3.38. The number of fused-ring (bicyclic) bond motifs is 1. The number of rotatable bonds is 6. The van der Waals surface area contributed by atoms with E-state index in [2.05, 4.69) is 15.3 Å². The van der Waals surface area contributed by atoms with Crippen LogP contribution in [0.3, 0.4) is 0 Å². The van der Waals surface area contributed by atoms with Crippen LogP contribution in [-0.2, 0) is 16.1 Å². The Hall–Kier alpha value is -3.13. The van der Waals surface area contributed by atoms with Gasteiger partial charge in [0.15, 0.2) is 0 Å².